The first-order chi connectivity index (χ1) is 14.9. The maximum atomic E-state index is 11.2. The molecular formula is C24H29N5OS. The highest BCUT2D eigenvalue weighted by atomic mass is 32.1. The van der Waals surface area contributed by atoms with Crippen LogP contribution in [0.15, 0.2) is 41.8 Å². The zero-order valence-corrected chi connectivity index (χ0v) is 19.1. The minimum atomic E-state index is -0.0452. The lowest BCUT2D eigenvalue weighted by Gasteiger charge is -2.32. The van der Waals surface area contributed by atoms with Crippen LogP contribution >= 0.6 is 11.3 Å². The number of aromatic nitrogens is 2. The van der Waals surface area contributed by atoms with E-state index in [2.05, 4.69) is 57.1 Å². The molecule has 3 heterocycles. The maximum Gasteiger partial charge on any atom is 0.221 e. The smallest absolute Gasteiger partial charge is 0.221 e. The number of thiazole rings is 1. The van der Waals surface area contributed by atoms with Crippen LogP contribution in [0.1, 0.15) is 48.3 Å². The zero-order chi connectivity index (χ0) is 21.8. The predicted molar refractivity (Wildman–Crippen MR) is 127 cm³/mol. The van der Waals surface area contributed by atoms with E-state index in [1.165, 1.54) is 18.9 Å². The molecule has 1 saturated heterocycles. The zero-order valence-electron chi connectivity index (χ0n) is 18.3. The number of rotatable bonds is 6. The monoisotopic (exact) mass is 435 g/mol. The molecule has 0 spiro atoms. The average Bonchev–Trinajstić information content (AvgIpc) is 3.13. The number of nitrogens with zero attached hydrogens (tertiary/aromatic N) is 3. The van der Waals surface area contributed by atoms with Crippen LogP contribution in [-0.2, 0) is 11.3 Å². The van der Waals surface area contributed by atoms with E-state index in [0.29, 0.717) is 5.92 Å². The fourth-order valence-electron chi connectivity index (χ4n) is 4.11. The molecule has 1 aliphatic heterocycles. The Morgan fingerprint density at radius 3 is 2.65 bits per heavy atom. The van der Waals surface area contributed by atoms with Crippen molar-refractivity contribution in [3.05, 3.63) is 64.4 Å². The minimum absolute atomic E-state index is 0.0452. The van der Waals surface area contributed by atoms with Crippen LogP contribution in [0.4, 0.5) is 16.5 Å². The quantitative estimate of drug-likeness (QED) is 0.554. The van der Waals surface area contributed by atoms with Gasteiger partial charge < -0.3 is 10.6 Å². The van der Waals surface area contributed by atoms with Gasteiger partial charge in [-0.1, -0.05) is 12.1 Å². The molecule has 1 unspecified atom stereocenters. The Balaban J connectivity index is 1.42. The Kier molecular flexibility index (Phi) is 6.63. The van der Waals surface area contributed by atoms with Gasteiger partial charge in [-0.15, -0.1) is 11.3 Å². The van der Waals surface area contributed by atoms with E-state index in [-0.39, 0.29) is 5.91 Å². The average molecular weight is 436 g/mol. The number of piperidine rings is 1. The number of carbonyl (C=O) groups excluding carboxylic acids is 1. The third-order valence-electron chi connectivity index (χ3n) is 5.45. The van der Waals surface area contributed by atoms with Crippen molar-refractivity contribution in [3.63, 3.8) is 0 Å². The summed E-state index contributed by atoms with van der Waals surface area (Å²) in [4.78, 5) is 23.1. The lowest BCUT2D eigenvalue weighted by molar-refractivity contribution is -0.114. The first-order valence-electron chi connectivity index (χ1n) is 10.7. The van der Waals surface area contributed by atoms with Crippen molar-refractivity contribution in [1.82, 2.24) is 14.9 Å². The molecule has 6 nitrogen and oxygen atoms in total. The second-order valence-corrected chi connectivity index (χ2v) is 9.15. The van der Waals surface area contributed by atoms with Crippen LogP contribution in [0.25, 0.3) is 0 Å². The standard InChI is InChI=1S/C24H29N5OS/c1-16-11-22(28-24-26-17(2)15-31-24)12-23(25-16)20-5-4-10-29(14-20)13-19-6-8-21(9-7-19)27-18(3)30/h6-9,11-12,15,20H,4-5,10,13-14H2,1-3H3,(H,27,30)(H,25,26,28). The summed E-state index contributed by atoms with van der Waals surface area (Å²) in [6, 6.07) is 12.4. The van der Waals surface area contributed by atoms with Crippen molar-refractivity contribution in [1.29, 1.82) is 0 Å². The number of pyridine rings is 1. The van der Waals surface area contributed by atoms with E-state index >= 15 is 0 Å². The first-order valence-corrected chi connectivity index (χ1v) is 11.6. The second kappa shape index (κ2) is 9.58. The number of aryl methyl sites for hydroxylation is 2. The van der Waals surface area contributed by atoms with Gasteiger partial charge in [0.2, 0.25) is 5.91 Å². The van der Waals surface area contributed by atoms with E-state index < -0.39 is 0 Å². The number of likely N-dealkylation sites (tertiary alicyclic amines) is 1. The molecule has 7 heteroatoms. The van der Waals surface area contributed by atoms with Crippen LogP contribution < -0.4 is 10.6 Å². The van der Waals surface area contributed by atoms with Crippen LogP contribution in [-0.4, -0.2) is 33.9 Å². The molecule has 1 aromatic carbocycles. The van der Waals surface area contributed by atoms with Gasteiger partial charge in [-0.25, -0.2) is 4.98 Å². The Hall–Kier alpha value is -2.77. The molecule has 162 valence electrons. The van der Waals surface area contributed by atoms with Crippen molar-refractivity contribution in [3.8, 4) is 0 Å². The molecule has 1 fully saturated rings. The Morgan fingerprint density at radius 2 is 1.94 bits per heavy atom. The maximum absolute atomic E-state index is 11.2. The number of carbonyl (C=O) groups is 1. The summed E-state index contributed by atoms with van der Waals surface area (Å²) in [5.74, 6) is 0.377. The summed E-state index contributed by atoms with van der Waals surface area (Å²) >= 11 is 1.62. The molecule has 1 aliphatic rings. The van der Waals surface area contributed by atoms with Gasteiger partial charge >= 0.3 is 0 Å². The van der Waals surface area contributed by atoms with Gasteiger partial charge in [-0.2, -0.15) is 0 Å². The van der Waals surface area contributed by atoms with E-state index in [4.69, 9.17) is 4.98 Å². The molecule has 2 N–H and O–H groups in total. The molecule has 0 radical (unpaired) electrons. The largest absolute Gasteiger partial charge is 0.331 e. The normalized spacial score (nSPS) is 16.8. The fourth-order valence-corrected chi connectivity index (χ4v) is 4.81. The van der Waals surface area contributed by atoms with Crippen LogP contribution in [0.5, 0.6) is 0 Å². The van der Waals surface area contributed by atoms with Gasteiger partial charge in [0.15, 0.2) is 5.13 Å². The van der Waals surface area contributed by atoms with Crippen LogP contribution in [0, 0.1) is 13.8 Å². The number of anilines is 3. The summed E-state index contributed by atoms with van der Waals surface area (Å²) < 4.78 is 0. The van der Waals surface area contributed by atoms with Gasteiger partial charge in [0.1, 0.15) is 0 Å². The van der Waals surface area contributed by atoms with Crippen molar-refractivity contribution in [2.45, 2.75) is 46.1 Å². The third kappa shape index (κ3) is 5.89. The molecule has 2 aromatic heterocycles. The molecule has 31 heavy (non-hydrogen) atoms. The highest BCUT2D eigenvalue weighted by Gasteiger charge is 2.23. The molecule has 1 atom stereocenters. The fraction of sp³-hybridized carbons (Fsp3) is 0.375. The summed E-state index contributed by atoms with van der Waals surface area (Å²) in [6.45, 7) is 8.60. The van der Waals surface area contributed by atoms with E-state index in [9.17, 15) is 4.79 Å². The van der Waals surface area contributed by atoms with Gasteiger partial charge in [-0.3, -0.25) is 14.7 Å². The molecule has 1 amide bonds. The lowest BCUT2D eigenvalue weighted by atomic mass is 9.93. The van der Waals surface area contributed by atoms with Gasteiger partial charge in [0.05, 0.1) is 5.69 Å². The highest BCUT2D eigenvalue weighted by molar-refractivity contribution is 7.13. The van der Waals surface area contributed by atoms with Crippen LogP contribution in [0.3, 0.4) is 0 Å². The Bertz CT molecular complexity index is 1050. The van der Waals surface area contributed by atoms with Gasteiger partial charge in [-0.05, 0) is 63.1 Å². The summed E-state index contributed by atoms with van der Waals surface area (Å²) in [6.07, 6.45) is 2.32. The molecule has 4 rings (SSSR count). The summed E-state index contributed by atoms with van der Waals surface area (Å²) in [5.41, 5.74) is 6.37. The van der Waals surface area contributed by atoms with E-state index in [1.54, 1.807) is 11.3 Å². The van der Waals surface area contributed by atoms with Gasteiger partial charge in [0.25, 0.3) is 0 Å². The van der Waals surface area contributed by atoms with Crippen LogP contribution in [0.2, 0.25) is 0 Å². The SMILES string of the molecule is CC(=O)Nc1ccc(CN2CCCC(c3cc(Nc4nc(C)cs4)cc(C)n3)C2)cc1. The van der Waals surface area contributed by atoms with Crippen molar-refractivity contribution < 1.29 is 4.79 Å². The third-order valence-corrected chi connectivity index (χ3v) is 6.32. The number of amides is 1. The minimum Gasteiger partial charge on any atom is -0.331 e. The lowest BCUT2D eigenvalue weighted by Crippen LogP contribution is -2.34. The molecule has 0 bridgehead atoms. The van der Waals surface area contributed by atoms with E-state index in [0.717, 1.165) is 59.6 Å². The molecular weight excluding hydrogens is 406 g/mol. The summed E-state index contributed by atoms with van der Waals surface area (Å²) in [7, 11) is 0. The Labute approximate surface area is 187 Å². The van der Waals surface area contributed by atoms with Gasteiger partial charge in [0, 0.05) is 54.1 Å². The number of hydrogen-bond acceptors (Lipinski definition) is 6. The van der Waals surface area contributed by atoms with Crippen molar-refractivity contribution in [2.75, 3.05) is 23.7 Å². The summed E-state index contributed by atoms with van der Waals surface area (Å²) in [5, 5.41) is 9.23. The number of benzene rings is 1. The Morgan fingerprint density at radius 1 is 1.13 bits per heavy atom. The topological polar surface area (TPSA) is 70.2 Å². The highest BCUT2D eigenvalue weighted by Crippen LogP contribution is 2.30. The molecule has 0 aliphatic carbocycles. The number of nitrogens with one attached hydrogen (secondary N) is 2. The predicted octanol–water partition coefficient (Wildman–Crippen LogP) is 5.24. The molecule has 3 aromatic rings. The first kappa shape index (κ1) is 21.5. The van der Waals surface area contributed by atoms with Crippen molar-refractivity contribution >= 4 is 33.8 Å². The van der Waals surface area contributed by atoms with Crippen molar-refractivity contribution in [2.24, 2.45) is 0 Å². The van der Waals surface area contributed by atoms with E-state index in [1.807, 2.05) is 19.1 Å². The number of hydrogen-bond donors (Lipinski definition) is 2. The second-order valence-electron chi connectivity index (χ2n) is 8.29. The molecule has 0 saturated carbocycles.